The van der Waals surface area contributed by atoms with Crippen molar-refractivity contribution in [1.29, 1.82) is 0 Å². The molecule has 2 rings (SSSR count). The Bertz CT molecular complexity index is 986. The highest BCUT2D eigenvalue weighted by atomic mass is 32.2. The highest BCUT2D eigenvalue weighted by molar-refractivity contribution is 7.89. The van der Waals surface area contributed by atoms with Gasteiger partial charge in [-0.15, -0.1) is 0 Å². The van der Waals surface area contributed by atoms with Crippen LogP contribution in [-0.4, -0.2) is 39.2 Å². The first kappa shape index (κ1) is 22.1. The van der Waals surface area contributed by atoms with E-state index in [0.29, 0.717) is 11.4 Å². The summed E-state index contributed by atoms with van der Waals surface area (Å²) in [7, 11) is -3.81. The highest BCUT2D eigenvalue weighted by Gasteiger charge is 2.15. The molecule has 0 unspecified atom stereocenters. The zero-order chi connectivity index (χ0) is 21.4. The fraction of sp³-hybridized carbons (Fsp3) is 0.211. The lowest BCUT2D eigenvalue weighted by atomic mass is 10.2. The quantitative estimate of drug-likeness (QED) is 0.507. The zero-order valence-electron chi connectivity index (χ0n) is 16.0. The van der Waals surface area contributed by atoms with Gasteiger partial charge in [-0.1, -0.05) is 17.7 Å². The molecule has 0 aliphatic rings. The lowest BCUT2D eigenvalue weighted by Crippen LogP contribution is -2.40. The molecule has 0 spiro atoms. The van der Waals surface area contributed by atoms with Crippen LogP contribution in [0.2, 0.25) is 0 Å². The van der Waals surface area contributed by atoms with Gasteiger partial charge in [0.1, 0.15) is 0 Å². The predicted octanol–water partition coefficient (Wildman–Crippen LogP) is 0.987. The van der Waals surface area contributed by atoms with E-state index >= 15 is 0 Å². The summed E-state index contributed by atoms with van der Waals surface area (Å²) in [6.07, 6.45) is 0. The van der Waals surface area contributed by atoms with Gasteiger partial charge in [-0.3, -0.25) is 14.4 Å². The number of benzene rings is 2. The van der Waals surface area contributed by atoms with Crippen molar-refractivity contribution in [3.63, 3.8) is 0 Å². The second-order valence-corrected chi connectivity index (χ2v) is 7.99. The molecule has 9 nitrogen and oxygen atoms in total. The summed E-state index contributed by atoms with van der Waals surface area (Å²) < 4.78 is 26.4. The second kappa shape index (κ2) is 9.80. The van der Waals surface area contributed by atoms with Crippen LogP contribution in [0, 0.1) is 6.92 Å². The molecule has 0 aliphatic heterocycles. The number of hydrogen-bond acceptors (Lipinski definition) is 5. The number of nitrogens with one attached hydrogen (secondary N) is 4. The van der Waals surface area contributed by atoms with Crippen molar-refractivity contribution in [1.82, 2.24) is 10.0 Å². The van der Waals surface area contributed by atoms with Crippen LogP contribution in [0.25, 0.3) is 0 Å². The van der Waals surface area contributed by atoms with Gasteiger partial charge < -0.3 is 16.0 Å². The van der Waals surface area contributed by atoms with Crippen molar-refractivity contribution in [2.45, 2.75) is 18.7 Å². The molecule has 4 N–H and O–H groups in total. The van der Waals surface area contributed by atoms with Gasteiger partial charge >= 0.3 is 0 Å². The lowest BCUT2D eigenvalue weighted by Gasteiger charge is -2.09. The van der Waals surface area contributed by atoms with E-state index in [9.17, 15) is 22.8 Å². The number of amides is 3. The molecular formula is C19H22N4O5S. The van der Waals surface area contributed by atoms with Gasteiger partial charge in [0.15, 0.2) is 0 Å². The number of aryl methyl sites for hydroxylation is 1. The molecule has 10 heteroatoms. The van der Waals surface area contributed by atoms with E-state index in [4.69, 9.17) is 0 Å². The molecule has 2 aromatic carbocycles. The smallest absolute Gasteiger partial charge is 0.243 e. The van der Waals surface area contributed by atoms with Crippen molar-refractivity contribution in [2.75, 3.05) is 23.7 Å². The Kier molecular flexibility index (Phi) is 7.46. The minimum absolute atomic E-state index is 0.0522. The predicted molar refractivity (Wildman–Crippen MR) is 109 cm³/mol. The summed E-state index contributed by atoms with van der Waals surface area (Å²) in [6, 6.07) is 12.6. The Morgan fingerprint density at radius 2 is 1.34 bits per heavy atom. The number of carbonyl (C=O) groups excluding carboxylic acids is 3. The maximum atomic E-state index is 12.1. The van der Waals surface area contributed by atoms with Crippen LogP contribution in [0.15, 0.2) is 53.4 Å². The molecule has 3 amide bonds. The zero-order valence-corrected chi connectivity index (χ0v) is 16.8. The number of sulfonamides is 1. The Hall–Kier alpha value is -3.24. The molecular weight excluding hydrogens is 396 g/mol. The van der Waals surface area contributed by atoms with Gasteiger partial charge in [0.2, 0.25) is 27.7 Å². The van der Waals surface area contributed by atoms with E-state index in [-0.39, 0.29) is 17.3 Å². The van der Waals surface area contributed by atoms with Crippen LogP contribution in [0.4, 0.5) is 11.4 Å². The fourth-order valence-electron chi connectivity index (χ4n) is 2.25. The number of anilines is 2. The molecule has 0 atom stereocenters. The number of rotatable bonds is 8. The SMILES string of the molecule is CC(=O)Nc1ccc(NC(=O)CNC(=O)CNS(=O)(=O)c2ccc(C)cc2)cc1. The molecule has 154 valence electrons. The van der Waals surface area contributed by atoms with E-state index < -0.39 is 28.4 Å². The summed E-state index contributed by atoms with van der Waals surface area (Å²) in [4.78, 5) is 34.7. The fourth-order valence-corrected chi connectivity index (χ4v) is 3.23. The van der Waals surface area contributed by atoms with E-state index in [0.717, 1.165) is 5.56 Å². The van der Waals surface area contributed by atoms with Crippen molar-refractivity contribution in [2.24, 2.45) is 0 Å². The van der Waals surface area contributed by atoms with Gasteiger partial charge in [0.05, 0.1) is 18.0 Å². The third-order valence-corrected chi connectivity index (χ3v) is 5.11. The summed E-state index contributed by atoms with van der Waals surface area (Å²) in [5, 5.41) is 7.52. The number of hydrogen-bond donors (Lipinski definition) is 4. The van der Waals surface area contributed by atoms with Crippen LogP contribution in [0.1, 0.15) is 12.5 Å². The van der Waals surface area contributed by atoms with Gasteiger partial charge in [-0.05, 0) is 43.3 Å². The van der Waals surface area contributed by atoms with E-state index in [1.807, 2.05) is 6.92 Å². The lowest BCUT2D eigenvalue weighted by molar-refractivity contribution is -0.123. The van der Waals surface area contributed by atoms with E-state index in [1.165, 1.54) is 19.1 Å². The van der Waals surface area contributed by atoms with E-state index in [2.05, 4.69) is 20.7 Å². The molecule has 0 bridgehead atoms. The van der Waals surface area contributed by atoms with Crippen LogP contribution >= 0.6 is 0 Å². The largest absolute Gasteiger partial charge is 0.346 e. The molecule has 2 aromatic rings. The average molecular weight is 418 g/mol. The van der Waals surface area contributed by atoms with Gasteiger partial charge in [-0.25, -0.2) is 13.1 Å². The molecule has 0 saturated carbocycles. The summed E-state index contributed by atoms with van der Waals surface area (Å²) >= 11 is 0. The monoisotopic (exact) mass is 418 g/mol. The molecule has 0 saturated heterocycles. The van der Waals surface area contributed by atoms with Crippen molar-refractivity contribution < 1.29 is 22.8 Å². The molecule has 0 aliphatic carbocycles. The summed E-state index contributed by atoms with van der Waals surface area (Å²) in [5.74, 6) is -1.33. The molecule has 0 heterocycles. The van der Waals surface area contributed by atoms with Crippen LogP contribution < -0.4 is 20.7 Å². The van der Waals surface area contributed by atoms with Gasteiger partial charge in [0, 0.05) is 18.3 Å². The average Bonchev–Trinajstić information content (AvgIpc) is 2.66. The number of carbonyl (C=O) groups is 3. The first-order valence-corrected chi connectivity index (χ1v) is 10.1. The Labute approximate surface area is 168 Å². The molecule has 0 aromatic heterocycles. The van der Waals surface area contributed by atoms with Gasteiger partial charge in [-0.2, -0.15) is 0 Å². The minimum Gasteiger partial charge on any atom is -0.346 e. The van der Waals surface area contributed by atoms with E-state index in [1.54, 1.807) is 36.4 Å². The van der Waals surface area contributed by atoms with Crippen LogP contribution in [0.5, 0.6) is 0 Å². The first-order chi connectivity index (χ1) is 13.7. The van der Waals surface area contributed by atoms with Crippen molar-refractivity contribution in [3.8, 4) is 0 Å². The third-order valence-electron chi connectivity index (χ3n) is 3.69. The molecule has 0 radical (unpaired) electrons. The van der Waals surface area contributed by atoms with Gasteiger partial charge in [0.25, 0.3) is 0 Å². The standard InChI is InChI=1S/C19H22N4O5S/c1-13-3-9-17(10-4-13)29(27,28)21-12-18(25)20-11-19(26)23-16-7-5-15(6-8-16)22-14(2)24/h3-10,21H,11-12H2,1-2H3,(H,20,25)(H,22,24)(H,23,26). The first-order valence-electron chi connectivity index (χ1n) is 8.66. The summed E-state index contributed by atoms with van der Waals surface area (Å²) in [6.45, 7) is 2.41. The Balaban J connectivity index is 1.77. The molecule has 29 heavy (non-hydrogen) atoms. The van der Waals surface area contributed by atoms with Crippen molar-refractivity contribution in [3.05, 3.63) is 54.1 Å². The highest BCUT2D eigenvalue weighted by Crippen LogP contribution is 2.13. The Morgan fingerprint density at radius 1 is 0.793 bits per heavy atom. The topological polar surface area (TPSA) is 133 Å². The maximum absolute atomic E-state index is 12.1. The van der Waals surface area contributed by atoms with Crippen molar-refractivity contribution >= 4 is 39.1 Å². The Morgan fingerprint density at radius 3 is 1.90 bits per heavy atom. The summed E-state index contributed by atoms with van der Waals surface area (Å²) in [5.41, 5.74) is 1.99. The second-order valence-electron chi connectivity index (χ2n) is 6.22. The van der Waals surface area contributed by atoms with Crippen LogP contribution in [-0.2, 0) is 24.4 Å². The maximum Gasteiger partial charge on any atom is 0.243 e. The minimum atomic E-state index is -3.81. The third kappa shape index (κ3) is 7.35. The normalized spacial score (nSPS) is 10.8. The van der Waals surface area contributed by atoms with Crippen LogP contribution in [0.3, 0.4) is 0 Å². The molecule has 0 fully saturated rings.